The predicted molar refractivity (Wildman–Crippen MR) is 93.2 cm³/mol. The third kappa shape index (κ3) is 3.51. The van der Waals surface area contributed by atoms with E-state index in [0.717, 1.165) is 17.7 Å². The molecule has 2 rings (SSSR count). The van der Waals surface area contributed by atoms with Crippen LogP contribution in [0.5, 0.6) is 0 Å². The summed E-state index contributed by atoms with van der Waals surface area (Å²) >= 11 is 13.1. The second-order valence-electron chi connectivity index (χ2n) is 4.77. The van der Waals surface area contributed by atoms with Gasteiger partial charge in [0.15, 0.2) is 0 Å². The van der Waals surface area contributed by atoms with E-state index in [4.69, 9.17) is 29.6 Å². The Bertz CT molecular complexity index is 596. The fourth-order valence-corrected chi connectivity index (χ4v) is 3.31. The predicted octanol–water partition coefficient (Wildman–Crippen LogP) is 4.10. The number of thiocarbonyl (C=S) groups is 1. The number of nitrogens with two attached hydrogens (primary N) is 1. The summed E-state index contributed by atoms with van der Waals surface area (Å²) in [7, 11) is 2.06. The molecular formula is C15H17ClN2S2. The second kappa shape index (κ2) is 6.57. The minimum absolute atomic E-state index is 0.363. The standard InChI is InChI=1S/C15H17ClN2S2/c1-10(8-12-4-3-7-20-12)18(2)14-6-5-11(15(17)19)9-13(14)16/h3-7,9-10H,8H2,1-2H3,(H2,17,19). The molecular weight excluding hydrogens is 308 g/mol. The lowest BCUT2D eigenvalue weighted by molar-refractivity contribution is 0.688. The van der Waals surface area contributed by atoms with E-state index in [0.29, 0.717) is 16.1 Å². The summed E-state index contributed by atoms with van der Waals surface area (Å²) in [5.41, 5.74) is 7.41. The highest BCUT2D eigenvalue weighted by molar-refractivity contribution is 7.80. The van der Waals surface area contributed by atoms with E-state index in [9.17, 15) is 0 Å². The Morgan fingerprint density at radius 2 is 2.20 bits per heavy atom. The van der Waals surface area contributed by atoms with E-state index in [1.165, 1.54) is 4.88 Å². The highest BCUT2D eigenvalue weighted by Gasteiger charge is 2.14. The van der Waals surface area contributed by atoms with Crippen LogP contribution in [0, 0.1) is 0 Å². The average Bonchev–Trinajstić information content (AvgIpc) is 2.90. The van der Waals surface area contributed by atoms with Crippen LogP contribution in [0.15, 0.2) is 35.7 Å². The Morgan fingerprint density at radius 1 is 1.45 bits per heavy atom. The number of hydrogen-bond acceptors (Lipinski definition) is 3. The smallest absolute Gasteiger partial charge is 0.104 e. The maximum Gasteiger partial charge on any atom is 0.104 e. The number of nitrogens with zero attached hydrogens (tertiary/aromatic N) is 1. The Kier molecular flexibility index (Phi) is 5.02. The van der Waals surface area contributed by atoms with Gasteiger partial charge in [-0.05, 0) is 36.6 Å². The van der Waals surface area contributed by atoms with Crippen molar-refractivity contribution in [1.82, 2.24) is 0 Å². The Hall–Kier alpha value is -1.10. The van der Waals surface area contributed by atoms with Gasteiger partial charge >= 0.3 is 0 Å². The lowest BCUT2D eigenvalue weighted by atomic mass is 10.1. The van der Waals surface area contributed by atoms with Crippen LogP contribution in [0.25, 0.3) is 0 Å². The fourth-order valence-electron chi connectivity index (χ4n) is 2.04. The van der Waals surface area contributed by atoms with Gasteiger partial charge in [-0.2, -0.15) is 0 Å². The number of anilines is 1. The molecule has 0 radical (unpaired) electrons. The van der Waals surface area contributed by atoms with Gasteiger partial charge in [0, 0.05) is 30.0 Å². The molecule has 0 spiro atoms. The molecule has 1 atom stereocenters. The normalized spacial score (nSPS) is 12.2. The molecule has 0 amide bonds. The van der Waals surface area contributed by atoms with Crippen molar-refractivity contribution in [3.8, 4) is 0 Å². The van der Waals surface area contributed by atoms with Gasteiger partial charge in [-0.15, -0.1) is 11.3 Å². The summed E-state index contributed by atoms with van der Waals surface area (Å²) in [6, 6.07) is 10.3. The minimum atomic E-state index is 0.363. The molecule has 1 heterocycles. The first-order chi connectivity index (χ1) is 9.49. The minimum Gasteiger partial charge on any atom is -0.389 e. The first kappa shape index (κ1) is 15.3. The van der Waals surface area contributed by atoms with Crippen molar-refractivity contribution in [3.63, 3.8) is 0 Å². The molecule has 1 aromatic carbocycles. The highest BCUT2D eigenvalue weighted by atomic mass is 35.5. The van der Waals surface area contributed by atoms with Gasteiger partial charge in [0.05, 0.1) is 10.7 Å². The van der Waals surface area contributed by atoms with Crippen LogP contribution >= 0.6 is 35.2 Å². The topological polar surface area (TPSA) is 29.3 Å². The van der Waals surface area contributed by atoms with E-state index in [1.807, 2.05) is 18.2 Å². The lowest BCUT2D eigenvalue weighted by Gasteiger charge is -2.28. The third-order valence-corrected chi connectivity index (χ3v) is 4.79. The maximum atomic E-state index is 6.34. The quantitative estimate of drug-likeness (QED) is 0.839. The van der Waals surface area contributed by atoms with Crippen LogP contribution in [-0.4, -0.2) is 18.1 Å². The summed E-state index contributed by atoms with van der Waals surface area (Å²) in [5.74, 6) is 0. The molecule has 0 bridgehead atoms. The molecule has 2 aromatic rings. The van der Waals surface area contributed by atoms with E-state index in [1.54, 1.807) is 11.3 Å². The van der Waals surface area contributed by atoms with Crippen LogP contribution < -0.4 is 10.6 Å². The van der Waals surface area contributed by atoms with Crippen molar-refractivity contribution in [2.75, 3.05) is 11.9 Å². The zero-order valence-electron chi connectivity index (χ0n) is 11.5. The van der Waals surface area contributed by atoms with Crippen molar-refractivity contribution in [2.45, 2.75) is 19.4 Å². The molecule has 0 aliphatic rings. The first-order valence-electron chi connectivity index (χ1n) is 6.33. The van der Waals surface area contributed by atoms with Gasteiger partial charge < -0.3 is 10.6 Å². The summed E-state index contributed by atoms with van der Waals surface area (Å²) in [6.45, 7) is 2.19. The third-order valence-electron chi connectivity index (χ3n) is 3.35. The molecule has 0 aliphatic carbocycles. The van der Waals surface area contributed by atoms with Crippen LogP contribution in [0.4, 0.5) is 5.69 Å². The molecule has 1 aromatic heterocycles. The molecule has 0 fully saturated rings. The van der Waals surface area contributed by atoms with Gasteiger partial charge in [-0.3, -0.25) is 0 Å². The number of rotatable bonds is 5. The Balaban J connectivity index is 2.16. The zero-order valence-corrected chi connectivity index (χ0v) is 13.9. The number of halogens is 1. The molecule has 0 aliphatic heterocycles. The van der Waals surface area contributed by atoms with Crippen LogP contribution in [0.2, 0.25) is 5.02 Å². The van der Waals surface area contributed by atoms with E-state index >= 15 is 0 Å². The van der Waals surface area contributed by atoms with Crippen molar-refractivity contribution in [3.05, 3.63) is 51.2 Å². The van der Waals surface area contributed by atoms with Crippen molar-refractivity contribution < 1.29 is 0 Å². The summed E-state index contributed by atoms with van der Waals surface area (Å²) in [5, 5.41) is 2.78. The lowest BCUT2D eigenvalue weighted by Crippen LogP contribution is -2.30. The number of hydrogen-bond donors (Lipinski definition) is 1. The SMILES string of the molecule is CC(Cc1cccs1)N(C)c1ccc(C(N)=S)cc1Cl. The molecule has 20 heavy (non-hydrogen) atoms. The summed E-state index contributed by atoms with van der Waals surface area (Å²) in [6.07, 6.45) is 1.00. The molecule has 106 valence electrons. The van der Waals surface area contributed by atoms with Gasteiger partial charge in [0.25, 0.3) is 0 Å². The Morgan fingerprint density at radius 3 is 2.75 bits per heavy atom. The van der Waals surface area contributed by atoms with Gasteiger partial charge in [-0.25, -0.2) is 0 Å². The monoisotopic (exact) mass is 324 g/mol. The zero-order chi connectivity index (χ0) is 14.7. The van der Waals surface area contributed by atoms with E-state index in [-0.39, 0.29) is 0 Å². The summed E-state index contributed by atoms with van der Waals surface area (Å²) < 4.78 is 0. The highest BCUT2D eigenvalue weighted by Crippen LogP contribution is 2.28. The number of thiophene rings is 1. The van der Waals surface area contributed by atoms with E-state index in [2.05, 4.69) is 36.4 Å². The van der Waals surface area contributed by atoms with Crippen LogP contribution in [-0.2, 0) is 6.42 Å². The van der Waals surface area contributed by atoms with Crippen molar-refractivity contribution in [2.24, 2.45) is 5.73 Å². The molecule has 2 N–H and O–H groups in total. The van der Waals surface area contributed by atoms with Gasteiger partial charge in [0.2, 0.25) is 0 Å². The average molecular weight is 325 g/mol. The van der Waals surface area contributed by atoms with Crippen molar-refractivity contribution in [1.29, 1.82) is 0 Å². The molecule has 1 unspecified atom stereocenters. The Labute approximate surface area is 134 Å². The fraction of sp³-hybridized carbons (Fsp3) is 0.267. The number of likely N-dealkylation sites (N-methyl/N-ethyl adjacent to an activating group) is 1. The van der Waals surface area contributed by atoms with Crippen molar-refractivity contribution >= 4 is 45.8 Å². The van der Waals surface area contributed by atoms with Crippen LogP contribution in [0.3, 0.4) is 0 Å². The largest absolute Gasteiger partial charge is 0.389 e. The van der Waals surface area contributed by atoms with Crippen LogP contribution in [0.1, 0.15) is 17.4 Å². The second-order valence-corrected chi connectivity index (χ2v) is 6.65. The molecule has 5 heteroatoms. The number of benzene rings is 1. The summed E-state index contributed by atoms with van der Waals surface area (Å²) in [4.78, 5) is 3.93. The first-order valence-corrected chi connectivity index (χ1v) is 8.00. The molecule has 0 saturated heterocycles. The molecule has 0 saturated carbocycles. The van der Waals surface area contributed by atoms with Gasteiger partial charge in [-0.1, -0.05) is 29.9 Å². The van der Waals surface area contributed by atoms with Gasteiger partial charge in [0.1, 0.15) is 4.99 Å². The maximum absolute atomic E-state index is 6.34. The van der Waals surface area contributed by atoms with E-state index < -0.39 is 0 Å². The molecule has 2 nitrogen and oxygen atoms in total.